The predicted molar refractivity (Wildman–Crippen MR) is 98.1 cm³/mol. The Morgan fingerprint density at radius 1 is 1.28 bits per heavy atom. The lowest BCUT2D eigenvalue weighted by molar-refractivity contribution is -0.118. The zero-order chi connectivity index (χ0) is 18.6. The van der Waals surface area contributed by atoms with Gasteiger partial charge in [-0.05, 0) is 36.2 Å². The first-order valence-corrected chi connectivity index (χ1v) is 8.66. The molecule has 6 nitrogen and oxygen atoms in total. The molecule has 0 bridgehead atoms. The lowest BCUT2D eigenvalue weighted by Crippen LogP contribution is -2.25. The molecule has 2 amide bonds. The maximum absolute atomic E-state index is 11.7. The van der Waals surface area contributed by atoms with Crippen molar-refractivity contribution < 1.29 is 15.7 Å². The first-order chi connectivity index (χ1) is 12.5. The molecule has 0 saturated carbocycles. The van der Waals surface area contributed by atoms with Crippen LogP contribution in [0.2, 0.25) is 0 Å². The lowest BCUT2D eigenvalue weighted by atomic mass is 10.1. The van der Waals surface area contributed by atoms with Crippen LogP contribution in [0.5, 0.6) is 5.75 Å². The van der Waals surface area contributed by atoms with Crippen LogP contribution in [0.3, 0.4) is 0 Å². The molecule has 2 heterocycles. The molecular weight excluding hydrogens is 338 g/mol. The van der Waals surface area contributed by atoms with Crippen molar-refractivity contribution in [3.05, 3.63) is 54.2 Å². The van der Waals surface area contributed by atoms with Gasteiger partial charge in [-0.15, -0.1) is 0 Å². The third kappa shape index (κ3) is 4.73. The fourth-order valence-corrected chi connectivity index (χ4v) is 3.10. The van der Waals surface area contributed by atoms with Crippen molar-refractivity contribution in [2.45, 2.75) is 11.6 Å². The summed E-state index contributed by atoms with van der Waals surface area (Å²) in [6.07, 6.45) is 1.92. The van der Waals surface area contributed by atoms with Crippen molar-refractivity contribution in [2.24, 2.45) is 0 Å². The number of carbonyl (C=O) groups excluding carboxylic acids is 2. The summed E-state index contributed by atoms with van der Waals surface area (Å²) in [4.78, 5) is 29.3. The van der Waals surface area contributed by atoms with Crippen molar-refractivity contribution in [2.75, 3.05) is 25.1 Å². The number of anilines is 1. The summed E-state index contributed by atoms with van der Waals surface area (Å²) in [6, 6.07) is 13.0. The van der Waals surface area contributed by atoms with Gasteiger partial charge in [0.2, 0.25) is 5.91 Å². The first-order valence-electron chi connectivity index (χ1n) is 8.35. The number of rotatable bonds is 7. The van der Waals surface area contributed by atoms with E-state index in [4.69, 9.17) is 6.11 Å². The minimum atomic E-state index is -1.50. The average molecular weight is 358 g/mol. The topological polar surface area (TPSA) is 71.5 Å². The van der Waals surface area contributed by atoms with Crippen LogP contribution in [0, 0.1) is 0 Å². The number of likely N-dealkylation sites (N-methyl/N-ethyl adjacent to an activating group) is 1. The fraction of sp³-hybridized carbons (Fsp3) is 0.278. The highest BCUT2D eigenvalue weighted by atomic mass is 32.2. The number of nitrogens with one attached hydrogen (secondary N) is 1. The van der Waals surface area contributed by atoms with Crippen LogP contribution in [-0.4, -0.2) is 41.6 Å². The van der Waals surface area contributed by atoms with E-state index in [0.29, 0.717) is 30.7 Å². The van der Waals surface area contributed by atoms with Gasteiger partial charge >= 0.3 is 0 Å². The first kappa shape index (κ1) is 16.0. The van der Waals surface area contributed by atoms with Gasteiger partial charge in [0, 0.05) is 13.2 Å². The SMILES string of the molecule is [2H][C@]1(Cc2ccc(OCCN(C)c3ccccn3)cc2)SC(=O)NC1=O. The van der Waals surface area contributed by atoms with E-state index in [1.807, 2.05) is 42.3 Å². The van der Waals surface area contributed by atoms with Crippen LogP contribution in [0.25, 0.3) is 0 Å². The Morgan fingerprint density at radius 2 is 2.08 bits per heavy atom. The van der Waals surface area contributed by atoms with Crippen LogP contribution in [0.4, 0.5) is 10.6 Å². The Balaban J connectivity index is 1.50. The highest BCUT2D eigenvalue weighted by molar-refractivity contribution is 8.15. The summed E-state index contributed by atoms with van der Waals surface area (Å²) < 4.78 is 13.9. The van der Waals surface area contributed by atoms with Gasteiger partial charge < -0.3 is 9.64 Å². The van der Waals surface area contributed by atoms with Gasteiger partial charge in [0.05, 0.1) is 13.1 Å². The molecule has 1 aromatic heterocycles. The van der Waals surface area contributed by atoms with E-state index in [1.54, 1.807) is 18.3 Å². The van der Waals surface area contributed by atoms with Crippen molar-refractivity contribution in [1.29, 1.82) is 0 Å². The van der Waals surface area contributed by atoms with Crippen LogP contribution in [0.1, 0.15) is 6.93 Å². The average Bonchev–Trinajstić information content (AvgIpc) is 2.88. The molecule has 1 fully saturated rings. The van der Waals surface area contributed by atoms with E-state index in [1.165, 1.54) is 0 Å². The molecule has 2 aromatic rings. The number of carbonyl (C=O) groups is 2. The molecule has 130 valence electrons. The molecule has 1 saturated heterocycles. The van der Waals surface area contributed by atoms with Gasteiger partial charge in [-0.25, -0.2) is 4.98 Å². The lowest BCUT2D eigenvalue weighted by Gasteiger charge is -2.18. The number of ether oxygens (including phenoxy) is 1. The number of imide groups is 1. The summed E-state index contributed by atoms with van der Waals surface area (Å²) in [5, 5.41) is 0.189. The van der Waals surface area contributed by atoms with E-state index in [0.717, 1.165) is 11.4 Å². The number of aromatic nitrogens is 1. The molecule has 1 aliphatic heterocycles. The summed E-state index contributed by atoms with van der Waals surface area (Å²) in [5.41, 5.74) is 0.801. The highest BCUT2D eigenvalue weighted by Gasteiger charge is 2.31. The number of hydrogen-bond acceptors (Lipinski definition) is 6. The van der Waals surface area contributed by atoms with Crippen LogP contribution in [0.15, 0.2) is 48.7 Å². The van der Waals surface area contributed by atoms with E-state index in [2.05, 4.69) is 10.3 Å². The molecule has 0 radical (unpaired) electrons. The Bertz CT molecular complexity index is 788. The molecule has 1 aliphatic rings. The second-order valence-electron chi connectivity index (χ2n) is 5.55. The number of nitrogens with zero attached hydrogens (tertiary/aromatic N) is 2. The predicted octanol–water partition coefficient (Wildman–Crippen LogP) is 2.49. The molecule has 1 aromatic carbocycles. The quantitative estimate of drug-likeness (QED) is 0.820. The van der Waals surface area contributed by atoms with Gasteiger partial charge in [0.25, 0.3) is 5.24 Å². The number of benzene rings is 1. The standard InChI is InChI=1S/C18H19N3O3S/c1-21(16-4-2-3-9-19-16)10-11-24-14-7-5-13(6-8-14)12-15-17(22)20-18(23)25-15/h2-9,15H,10-12H2,1H3,(H,20,22,23)/t15-/m1/s1/i15D. The Hall–Kier alpha value is -2.54. The molecule has 7 heteroatoms. The van der Waals surface area contributed by atoms with Gasteiger partial charge in [0.15, 0.2) is 0 Å². The summed E-state index contributed by atoms with van der Waals surface area (Å²) in [6.45, 7) is 1.19. The van der Waals surface area contributed by atoms with E-state index in [-0.39, 0.29) is 6.42 Å². The van der Waals surface area contributed by atoms with Crippen molar-refractivity contribution in [3.8, 4) is 5.75 Å². The summed E-state index contributed by atoms with van der Waals surface area (Å²) >= 11 is 0.714. The maximum atomic E-state index is 11.7. The van der Waals surface area contributed by atoms with Gasteiger partial charge in [-0.3, -0.25) is 14.9 Å². The number of pyridine rings is 1. The normalized spacial score (nSPS) is 20.1. The molecule has 0 spiro atoms. The zero-order valence-electron chi connectivity index (χ0n) is 14.8. The Labute approximate surface area is 152 Å². The summed E-state index contributed by atoms with van der Waals surface area (Å²) in [7, 11) is 1.95. The Kier molecular flexibility index (Phi) is 5.12. The van der Waals surface area contributed by atoms with Gasteiger partial charge in [0.1, 0.15) is 18.2 Å². The van der Waals surface area contributed by atoms with E-state index >= 15 is 0 Å². The molecule has 0 aliphatic carbocycles. The third-order valence-corrected chi connectivity index (χ3v) is 4.57. The van der Waals surface area contributed by atoms with Crippen molar-refractivity contribution in [3.63, 3.8) is 0 Å². The molecule has 1 atom stereocenters. The summed E-state index contributed by atoms with van der Waals surface area (Å²) in [5.74, 6) is 1.03. The van der Waals surface area contributed by atoms with Crippen molar-refractivity contribution in [1.82, 2.24) is 10.3 Å². The minimum absolute atomic E-state index is 0.165. The molecule has 25 heavy (non-hydrogen) atoms. The van der Waals surface area contributed by atoms with Crippen molar-refractivity contribution >= 4 is 28.7 Å². The number of thioether (sulfide) groups is 1. The molecular formula is C18H19N3O3S. The highest BCUT2D eigenvalue weighted by Crippen LogP contribution is 2.23. The van der Waals surface area contributed by atoms with Crippen LogP contribution >= 0.6 is 11.8 Å². The van der Waals surface area contributed by atoms with Gasteiger partial charge in [-0.2, -0.15) is 0 Å². The van der Waals surface area contributed by atoms with Gasteiger partial charge in [-0.1, -0.05) is 30.0 Å². The largest absolute Gasteiger partial charge is 0.492 e. The van der Waals surface area contributed by atoms with Crippen LogP contribution < -0.4 is 15.0 Å². The van der Waals surface area contributed by atoms with E-state index < -0.39 is 16.4 Å². The Morgan fingerprint density at radius 3 is 2.72 bits per heavy atom. The molecule has 1 N–H and O–H groups in total. The van der Waals surface area contributed by atoms with E-state index in [9.17, 15) is 9.59 Å². The smallest absolute Gasteiger partial charge is 0.286 e. The second kappa shape index (κ2) is 8.02. The third-order valence-electron chi connectivity index (χ3n) is 3.71. The fourth-order valence-electron chi connectivity index (χ4n) is 2.35. The van der Waals surface area contributed by atoms with Crippen LogP contribution in [-0.2, 0) is 11.2 Å². The second-order valence-corrected chi connectivity index (χ2v) is 6.61. The molecule has 0 unspecified atom stereocenters. The zero-order valence-corrected chi connectivity index (χ0v) is 14.6. The molecule has 3 rings (SSSR count). The maximum Gasteiger partial charge on any atom is 0.286 e. The number of amides is 2. The minimum Gasteiger partial charge on any atom is -0.492 e. The monoisotopic (exact) mass is 358 g/mol. The number of hydrogen-bond donors (Lipinski definition) is 1.